The van der Waals surface area contributed by atoms with Crippen molar-refractivity contribution < 1.29 is 13.9 Å². The molecule has 18 heteroatoms. The summed E-state index contributed by atoms with van der Waals surface area (Å²) >= 11 is 1.54. The smallest absolute Gasteiger partial charge is 0.296 e. The summed E-state index contributed by atoms with van der Waals surface area (Å²) < 4.78 is 18.2. The molecule has 6 aromatic rings. The molecule has 0 atom stereocenters. The molecule has 0 radical (unpaired) electrons. The largest absolute Gasteiger partial charge is 0.488 e. The first-order valence-electron chi connectivity index (χ1n) is 21.7. The molecule has 8 N–H and O–H groups in total. The van der Waals surface area contributed by atoms with E-state index in [4.69, 9.17) is 30.3 Å². The molecule has 0 amide bonds. The fraction of sp³-hybridized carbons (Fsp3) is 0.500. The Kier molecular flexibility index (Phi) is 17.2. The number of fused-ring (bicyclic) bond motifs is 2. The van der Waals surface area contributed by atoms with Gasteiger partial charge in [0.05, 0.1) is 24.6 Å². The summed E-state index contributed by atoms with van der Waals surface area (Å²) in [6, 6.07) is 12.9. The van der Waals surface area contributed by atoms with Crippen molar-refractivity contribution in [3.8, 4) is 11.5 Å². The quantitative estimate of drug-likeness (QED) is 0.0556. The molecule has 0 bridgehead atoms. The molecule has 4 aromatic heterocycles. The van der Waals surface area contributed by atoms with Crippen molar-refractivity contribution in [2.45, 2.75) is 89.5 Å². The van der Waals surface area contributed by atoms with E-state index in [1.807, 2.05) is 70.5 Å². The Bertz CT molecular complexity index is 2100. The first-order valence-corrected chi connectivity index (χ1v) is 22.5. The van der Waals surface area contributed by atoms with Crippen LogP contribution in [0.1, 0.15) is 65.2 Å². The molecule has 2 aliphatic rings. The van der Waals surface area contributed by atoms with Crippen LogP contribution in [0, 0.1) is 0 Å². The van der Waals surface area contributed by atoms with Gasteiger partial charge in [-0.05, 0) is 91.7 Å². The van der Waals surface area contributed by atoms with Crippen molar-refractivity contribution in [1.82, 2.24) is 39.7 Å². The van der Waals surface area contributed by atoms with E-state index in [9.17, 15) is 0 Å². The van der Waals surface area contributed by atoms with Gasteiger partial charge >= 0.3 is 0 Å². The number of oxazole rings is 1. The van der Waals surface area contributed by atoms with Crippen molar-refractivity contribution in [3.05, 3.63) is 61.2 Å². The zero-order valence-corrected chi connectivity index (χ0v) is 37.8. The summed E-state index contributed by atoms with van der Waals surface area (Å²) in [5, 5.41) is 16.5. The van der Waals surface area contributed by atoms with Crippen LogP contribution in [0.4, 0.5) is 33.9 Å². The van der Waals surface area contributed by atoms with Gasteiger partial charge in [0, 0.05) is 61.4 Å². The van der Waals surface area contributed by atoms with Gasteiger partial charge in [0.1, 0.15) is 27.5 Å². The maximum atomic E-state index is 6.29. The predicted octanol–water partition coefficient (Wildman–Crippen LogP) is 7.46. The third kappa shape index (κ3) is 13.8. The lowest BCUT2D eigenvalue weighted by atomic mass is 9.94. The van der Waals surface area contributed by atoms with Crippen molar-refractivity contribution in [2.75, 3.05) is 75.6 Å². The zero-order valence-electron chi connectivity index (χ0n) is 36.9. The number of anilines is 6. The van der Waals surface area contributed by atoms with Gasteiger partial charge in [-0.1, -0.05) is 49.4 Å². The molecular formula is C44H64N14O3S. The number of hydrogen-bond acceptors (Lipinski definition) is 18. The van der Waals surface area contributed by atoms with Crippen LogP contribution in [0.15, 0.2) is 65.6 Å². The normalized spacial score (nSPS) is 18.7. The Morgan fingerprint density at radius 1 is 0.645 bits per heavy atom. The highest BCUT2D eigenvalue weighted by Crippen LogP contribution is 2.32. The van der Waals surface area contributed by atoms with Crippen molar-refractivity contribution in [3.63, 3.8) is 0 Å². The minimum absolute atomic E-state index is 0.173. The van der Waals surface area contributed by atoms with Crippen molar-refractivity contribution >= 4 is 67.1 Å². The Balaban J connectivity index is 0.000000199. The molecule has 17 nitrogen and oxygen atoms in total. The van der Waals surface area contributed by atoms with E-state index in [0.29, 0.717) is 35.9 Å². The van der Waals surface area contributed by atoms with Gasteiger partial charge in [-0.2, -0.15) is 4.98 Å². The maximum Gasteiger partial charge on any atom is 0.296 e. The second-order valence-corrected chi connectivity index (χ2v) is 16.9. The zero-order chi connectivity index (χ0) is 43.8. The first kappa shape index (κ1) is 46.1. The van der Waals surface area contributed by atoms with Gasteiger partial charge in [0.25, 0.3) is 6.01 Å². The van der Waals surface area contributed by atoms with Crippen molar-refractivity contribution in [1.29, 1.82) is 0 Å². The Morgan fingerprint density at radius 2 is 1.16 bits per heavy atom. The number of nitrogens with zero attached hydrogens (tertiary/aromatic N) is 8. The van der Waals surface area contributed by atoms with Crippen LogP contribution in [0.5, 0.6) is 11.5 Å². The van der Waals surface area contributed by atoms with Gasteiger partial charge in [-0.3, -0.25) is 5.32 Å². The van der Waals surface area contributed by atoms with E-state index in [-0.39, 0.29) is 12.2 Å². The highest BCUT2D eigenvalue weighted by Gasteiger charge is 2.22. The SMILES string of the molecule is CC.CN(C)CCNc1ncc(Nc2ncc3cccc(OC4CCC(N)CC4)c3n2)o1.CN(C)CCNc1ncc(Nc2ncc3cccc(OC4CCC(N)CC4)c3n2)s1. The van der Waals surface area contributed by atoms with Crippen LogP contribution in [0.25, 0.3) is 21.8 Å². The molecule has 0 unspecified atom stereocenters. The average molecular weight is 869 g/mol. The van der Waals surface area contributed by atoms with Gasteiger partial charge in [0.2, 0.25) is 17.8 Å². The average Bonchev–Trinajstić information content (AvgIpc) is 3.92. The lowest BCUT2D eigenvalue weighted by Gasteiger charge is -2.27. The molecular weight excluding hydrogens is 805 g/mol. The minimum atomic E-state index is 0.173. The number of nitrogens with one attached hydrogen (secondary N) is 4. The molecule has 2 fully saturated rings. The second kappa shape index (κ2) is 23.2. The lowest BCUT2D eigenvalue weighted by Crippen LogP contribution is -2.31. The fourth-order valence-corrected chi connectivity index (χ4v) is 7.70. The standard InChI is InChI=1S/C21H29N7O2.C21H29N7OS.C2H6/c2*1-28(2)11-10-23-21-25-13-18(30-21)26-20-24-12-14-4-3-5-17(19(14)27-20)29-16-8-6-15(22)7-9-16;1-2/h2*3-5,12-13,15-16H,6-11,22H2,1-2H3,(H,23,25)(H,24,26,27);1-2H3. The van der Waals surface area contributed by atoms with E-state index in [2.05, 4.69) is 70.1 Å². The van der Waals surface area contributed by atoms with Gasteiger partial charge in [0.15, 0.2) is 5.13 Å². The van der Waals surface area contributed by atoms with Gasteiger partial charge < -0.3 is 51.1 Å². The summed E-state index contributed by atoms with van der Waals surface area (Å²) in [5.74, 6) is 3.00. The van der Waals surface area contributed by atoms with E-state index in [1.165, 1.54) is 0 Å². The molecule has 2 aliphatic carbocycles. The van der Waals surface area contributed by atoms with Crippen LogP contribution in [-0.2, 0) is 0 Å². The second-order valence-electron chi connectivity index (χ2n) is 15.9. The Hall–Kier alpha value is -5.40. The van der Waals surface area contributed by atoms with E-state index in [1.54, 1.807) is 29.9 Å². The highest BCUT2D eigenvalue weighted by atomic mass is 32.1. The summed E-state index contributed by atoms with van der Waals surface area (Å²) in [7, 11) is 8.13. The lowest BCUT2D eigenvalue weighted by molar-refractivity contribution is 0.148. The van der Waals surface area contributed by atoms with Crippen LogP contribution < -0.4 is 42.2 Å². The number of ether oxygens (including phenoxy) is 2. The Labute approximate surface area is 368 Å². The number of benzene rings is 2. The van der Waals surface area contributed by atoms with Gasteiger partial charge in [-0.25, -0.2) is 24.9 Å². The summed E-state index contributed by atoms with van der Waals surface area (Å²) in [5.41, 5.74) is 13.6. The molecule has 4 heterocycles. The monoisotopic (exact) mass is 869 g/mol. The third-order valence-electron chi connectivity index (χ3n) is 10.3. The number of thiazole rings is 1. The molecule has 2 aromatic carbocycles. The van der Waals surface area contributed by atoms with E-state index < -0.39 is 0 Å². The van der Waals surface area contributed by atoms with E-state index >= 15 is 0 Å². The molecule has 62 heavy (non-hydrogen) atoms. The molecule has 334 valence electrons. The third-order valence-corrected chi connectivity index (χ3v) is 11.2. The van der Waals surface area contributed by atoms with Gasteiger partial charge in [-0.15, -0.1) is 0 Å². The fourth-order valence-electron chi connectivity index (χ4n) is 6.96. The number of rotatable bonds is 16. The number of nitrogens with two attached hydrogens (primary N) is 2. The number of hydrogen-bond donors (Lipinski definition) is 6. The predicted molar refractivity (Wildman–Crippen MR) is 251 cm³/mol. The van der Waals surface area contributed by atoms with Crippen LogP contribution >= 0.6 is 11.3 Å². The van der Waals surface area contributed by atoms with Crippen LogP contribution in [0.2, 0.25) is 0 Å². The molecule has 0 aliphatic heterocycles. The molecule has 0 saturated heterocycles. The minimum Gasteiger partial charge on any atom is -0.488 e. The Morgan fingerprint density at radius 3 is 1.69 bits per heavy atom. The number of likely N-dealkylation sites (N-methyl/N-ethyl adjacent to an activating group) is 2. The molecule has 2 saturated carbocycles. The van der Waals surface area contributed by atoms with Crippen molar-refractivity contribution in [2.24, 2.45) is 11.5 Å². The molecule has 0 spiro atoms. The van der Waals surface area contributed by atoms with E-state index in [0.717, 1.165) is 121 Å². The molecule has 8 rings (SSSR count). The first-order chi connectivity index (χ1) is 30.1. The maximum absolute atomic E-state index is 6.29. The topological polar surface area (TPSA) is 216 Å². The number of para-hydroxylation sites is 2. The van der Waals surface area contributed by atoms with Crippen LogP contribution in [-0.4, -0.2) is 118 Å². The summed E-state index contributed by atoms with van der Waals surface area (Å²) in [6.07, 6.45) is 15.3. The summed E-state index contributed by atoms with van der Waals surface area (Å²) in [6.45, 7) is 7.42. The highest BCUT2D eigenvalue weighted by molar-refractivity contribution is 7.19. The number of aromatic nitrogens is 6. The summed E-state index contributed by atoms with van der Waals surface area (Å²) in [4.78, 5) is 31.1. The van der Waals surface area contributed by atoms with Crippen LogP contribution in [0.3, 0.4) is 0 Å².